The Hall–Kier alpha value is -6.46. The highest BCUT2D eigenvalue weighted by molar-refractivity contribution is 7.14. The number of aliphatic carboxylic acids is 2. The van der Waals surface area contributed by atoms with Crippen molar-refractivity contribution in [2.24, 2.45) is 0 Å². The van der Waals surface area contributed by atoms with Crippen molar-refractivity contribution in [3.63, 3.8) is 0 Å². The molecule has 10 heteroatoms. The highest BCUT2D eigenvalue weighted by Crippen LogP contribution is 2.36. The Morgan fingerprint density at radius 1 is 0.592 bits per heavy atom. The van der Waals surface area contributed by atoms with Crippen LogP contribution in [0.4, 0.5) is 17.1 Å². The Kier molecular flexibility index (Phi) is 11.0. The highest BCUT2D eigenvalue weighted by atomic mass is 32.1. The molecule has 0 aliphatic rings. The van der Waals surface area contributed by atoms with Crippen LogP contribution in [0.15, 0.2) is 108 Å². The molecule has 0 aliphatic heterocycles. The first-order valence-electron chi connectivity index (χ1n) is 14.7. The van der Waals surface area contributed by atoms with Crippen LogP contribution < -0.4 is 9.64 Å². The molecule has 3 aromatic carbocycles. The number of carboxylic acids is 2. The van der Waals surface area contributed by atoms with Crippen LogP contribution in [0.3, 0.4) is 0 Å². The lowest BCUT2D eigenvalue weighted by Gasteiger charge is -2.26. The van der Waals surface area contributed by atoms with Gasteiger partial charge in [-0.3, -0.25) is 0 Å². The molecule has 0 bridgehead atoms. The molecule has 0 atom stereocenters. The smallest absolute Gasteiger partial charge is 0.346 e. The maximum Gasteiger partial charge on any atom is 0.346 e. The van der Waals surface area contributed by atoms with Crippen LogP contribution in [0.2, 0.25) is 0 Å². The Morgan fingerprint density at radius 3 is 1.31 bits per heavy atom. The van der Waals surface area contributed by atoms with Crippen LogP contribution in [0.25, 0.3) is 36.5 Å². The summed E-state index contributed by atoms with van der Waals surface area (Å²) in [5.74, 6) is -1.75. The van der Waals surface area contributed by atoms with Gasteiger partial charge in [-0.1, -0.05) is 36.4 Å². The third-order valence-corrected chi connectivity index (χ3v) is 9.08. The van der Waals surface area contributed by atoms with Crippen LogP contribution in [0.5, 0.6) is 5.75 Å². The lowest BCUT2D eigenvalue weighted by atomic mass is 10.1. The van der Waals surface area contributed by atoms with Crippen molar-refractivity contribution in [3.8, 4) is 17.9 Å². The molecule has 240 valence electrons. The summed E-state index contributed by atoms with van der Waals surface area (Å²) < 4.78 is 5.37. The Morgan fingerprint density at radius 2 is 0.959 bits per heavy atom. The van der Waals surface area contributed by atoms with Crippen LogP contribution in [0, 0.1) is 22.7 Å². The summed E-state index contributed by atoms with van der Waals surface area (Å²) in [7, 11) is 1.63. The second-order valence-corrected chi connectivity index (χ2v) is 12.6. The van der Waals surface area contributed by atoms with Crippen LogP contribution in [-0.2, 0) is 9.59 Å². The largest absolute Gasteiger partial charge is 0.497 e. The summed E-state index contributed by atoms with van der Waals surface area (Å²) in [4.78, 5) is 27.7. The summed E-state index contributed by atoms with van der Waals surface area (Å²) in [5, 5.41) is 36.2. The molecule has 2 aromatic heterocycles. The summed E-state index contributed by atoms with van der Waals surface area (Å²) >= 11 is 2.79. The molecular formula is C39H27N3O5S2. The highest BCUT2D eigenvalue weighted by Gasteiger charge is 2.13. The number of benzene rings is 3. The first-order chi connectivity index (χ1) is 23.8. The zero-order valence-corrected chi connectivity index (χ0v) is 27.6. The first-order valence-corrected chi connectivity index (χ1v) is 16.3. The van der Waals surface area contributed by atoms with Gasteiger partial charge in [0.05, 0.1) is 7.11 Å². The van der Waals surface area contributed by atoms with E-state index < -0.39 is 11.9 Å². The topological polar surface area (TPSA) is 135 Å². The van der Waals surface area contributed by atoms with Crippen molar-refractivity contribution in [1.29, 1.82) is 10.5 Å². The van der Waals surface area contributed by atoms with Gasteiger partial charge in [0.1, 0.15) is 29.0 Å². The van der Waals surface area contributed by atoms with E-state index in [1.54, 1.807) is 31.4 Å². The summed E-state index contributed by atoms with van der Waals surface area (Å²) in [6.07, 6.45) is 10.6. The predicted molar refractivity (Wildman–Crippen MR) is 197 cm³/mol. The first kappa shape index (κ1) is 33.9. The van der Waals surface area contributed by atoms with Crippen molar-refractivity contribution >= 4 is 88.1 Å². The van der Waals surface area contributed by atoms with Crippen molar-refractivity contribution < 1.29 is 24.5 Å². The molecule has 2 heterocycles. The van der Waals surface area contributed by atoms with Crippen molar-refractivity contribution in [2.75, 3.05) is 12.0 Å². The number of methoxy groups -OCH3 is 1. The number of rotatable bonds is 12. The standard InChI is InChI=1S/C39H27N3O5S2/c1-47-33-14-12-32(13-15-33)42(30-8-2-26(3-9-30)6-16-34-18-20-36(48-34)22-28(24-40)38(43)44)31-10-4-27(5-11-31)7-17-35-19-21-37(49-35)23-29(25-41)39(45)46/h2-23H,1H3,(H,43,44)(H,45,46)/b16-6+,17-7+,28-22+,29-23+. The molecule has 49 heavy (non-hydrogen) atoms. The van der Waals surface area contributed by atoms with Gasteiger partial charge >= 0.3 is 11.9 Å². The van der Waals surface area contributed by atoms with E-state index in [0.29, 0.717) is 9.75 Å². The molecule has 0 spiro atoms. The van der Waals surface area contributed by atoms with E-state index in [9.17, 15) is 9.59 Å². The Balaban J connectivity index is 1.35. The van der Waals surface area contributed by atoms with Gasteiger partial charge in [0.15, 0.2) is 0 Å². The van der Waals surface area contributed by atoms with Crippen molar-refractivity contribution in [3.05, 3.63) is 139 Å². The fraction of sp³-hybridized carbons (Fsp3) is 0.0256. The Bertz CT molecular complexity index is 2040. The van der Waals surface area contributed by atoms with Crippen LogP contribution in [0.1, 0.15) is 30.6 Å². The minimum atomic E-state index is -1.25. The minimum absolute atomic E-state index is 0.307. The lowest BCUT2D eigenvalue weighted by Crippen LogP contribution is -2.09. The number of carboxylic acid groups (broad SMARTS) is 2. The second-order valence-electron chi connectivity index (χ2n) is 10.3. The number of ether oxygens (including phenoxy) is 1. The van der Waals surface area contributed by atoms with E-state index in [-0.39, 0.29) is 11.1 Å². The lowest BCUT2D eigenvalue weighted by molar-refractivity contribution is -0.133. The van der Waals surface area contributed by atoms with Gasteiger partial charge in [-0.25, -0.2) is 9.59 Å². The molecule has 5 aromatic rings. The maximum atomic E-state index is 11.1. The number of thiophene rings is 2. The van der Waals surface area contributed by atoms with Gasteiger partial charge in [0, 0.05) is 36.6 Å². The van der Waals surface area contributed by atoms with E-state index in [1.807, 2.05) is 109 Å². The Labute approximate surface area is 290 Å². The number of anilines is 3. The average molecular weight is 682 g/mol. The van der Waals surface area contributed by atoms with Gasteiger partial charge in [0.25, 0.3) is 0 Å². The summed E-state index contributed by atoms with van der Waals surface area (Å²) in [6, 6.07) is 34.8. The van der Waals surface area contributed by atoms with Gasteiger partial charge in [0.2, 0.25) is 0 Å². The predicted octanol–water partition coefficient (Wildman–Crippen LogP) is 9.61. The molecule has 5 rings (SSSR count). The molecule has 0 radical (unpaired) electrons. The van der Waals surface area contributed by atoms with Gasteiger partial charge in [-0.15, -0.1) is 22.7 Å². The number of hydrogen-bond acceptors (Lipinski definition) is 8. The summed E-state index contributed by atoms with van der Waals surface area (Å²) in [5.41, 5.74) is 4.19. The van der Waals surface area contributed by atoms with Gasteiger partial charge < -0.3 is 19.8 Å². The van der Waals surface area contributed by atoms with E-state index in [2.05, 4.69) is 4.90 Å². The molecule has 0 saturated heterocycles. The normalized spacial score (nSPS) is 11.7. The summed E-state index contributed by atoms with van der Waals surface area (Å²) in [6.45, 7) is 0. The molecule has 2 N–H and O–H groups in total. The molecule has 8 nitrogen and oxygen atoms in total. The third-order valence-electron chi connectivity index (χ3n) is 7.08. The monoisotopic (exact) mass is 681 g/mol. The fourth-order valence-electron chi connectivity index (χ4n) is 4.64. The van der Waals surface area contributed by atoms with E-state index in [0.717, 1.165) is 43.7 Å². The minimum Gasteiger partial charge on any atom is -0.497 e. The zero-order valence-electron chi connectivity index (χ0n) is 26.0. The van der Waals surface area contributed by atoms with Gasteiger partial charge in [-0.2, -0.15) is 10.5 Å². The van der Waals surface area contributed by atoms with E-state index >= 15 is 0 Å². The SMILES string of the molecule is COc1ccc(N(c2ccc(/C=C/c3ccc(/C=C(\C#N)C(=O)O)s3)cc2)c2ccc(/C=C/c3ccc(/C=C(\C#N)C(=O)O)s3)cc2)cc1. The van der Waals surface area contributed by atoms with Crippen molar-refractivity contribution in [1.82, 2.24) is 0 Å². The molecule has 0 unspecified atom stereocenters. The zero-order chi connectivity index (χ0) is 34.8. The average Bonchev–Trinajstić information content (AvgIpc) is 3.78. The fourth-order valence-corrected chi connectivity index (χ4v) is 6.36. The molecular weight excluding hydrogens is 655 g/mol. The van der Waals surface area contributed by atoms with Crippen LogP contribution in [-0.4, -0.2) is 29.3 Å². The maximum absolute atomic E-state index is 11.1. The second kappa shape index (κ2) is 15.9. The molecule has 0 amide bonds. The quantitative estimate of drug-likeness (QED) is 0.0982. The molecule has 0 aliphatic carbocycles. The van der Waals surface area contributed by atoms with Crippen molar-refractivity contribution in [2.45, 2.75) is 0 Å². The molecule has 0 fully saturated rings. The number of hydrogen-bond donors (Lipinski definition) is 2. The third kappa shape index (κ3) is 8.88. The number of carbonyl (C=O) groups is 2. The van der Waals surface area contributed by atoms with Crippen LogP contribution >= 0.6 is 22.7 Å². The molecule has 0 saturated carbocycles. The number of nitrogens with zero attached hydrogens (tertiary/aromatic N) is 3. The number of nitriles is 2. The van der Waals surface area contributed by atoms with Gasteiger partial charge in [-0.05, 0) is 108 Å². The van der Waals surface area contributed by atoms with E-state index in [1.165, 1.54) is 34.8 Å². The van der Waals surface area contributed by atoms with E-state index in [4.69, 9.17) is 25.5 Å².